The normalized spacial score (nSPS) is 12.3. The Labute approximate surface area is 183 Å². The maximum Gasteiger partial charge on any atom is 0.263 e. The molecule has 0 saturated carbocycles. The van der Waals surface area contributed by atoms with Crippen LogP contribution in [0.4, 0.5) is 5.82 Å². The van der Waals surface area contributed by atoms with Crippen molar-refractivity contribution in [2.24, 2.45) is 0 Å². The van der Waals surface area contributed by atoms with Crippen LogP contribution in [-0.2, 0) is 15.4 Å². The molecule has 0 atom stereocenters. The summed E-state index contributed by atoms with van der Waals surface area (Å²) in [6.45, 7) is 9.98. The van der Waals surface area contributed by atoms with E-state index in [2.05, 4.69) is 35.6 Å². The van der Waals surface area contributed by atoms with E-state index >= 15 is 0 Å². The second kappa shape index (κ2) is 7.50. The first-order valence-electron chi connectivity index (χ1n) is 10.1. The van der Waals surface area contributed by atoms with Crippen molar-refractivity contribution in [3.8, 4) is 5.69 Å². The van der Waals surface area contributed by atoms with Gasteiger partial charge in [0.25, 0.3) is 10.0 Å². The molecule has 2 aromatic carbocycles. The van der Waals surface area contributed by atoms with Crippen molar-refractivity contribution in [1.82, 2.24) is 14.8 Å². The zero-order valence-corrected chi connectivity index (χ0v) is 19.2. The number of aryl methyl sites for hydroxylation is 2. The van der Waals surface area contributed by atoms with Crippen molar-refractivity contribution in [1.29, 1.82) is 0 Å². The molecule has 2 aromatic heterocycles. The van der Waals surface area contributed by atoms with E-state index in [1.807, 2.05) is 50.2 Å². The Morgan fingerprint density at radius 3 is 2.48 bits per heavy atom. The van der Waals surface area contributed by atoms with Gasteiger partial charge in [-0.05, 0) is 48.6 Å². The number of nitrogens with zero attached hydrogens (tertiary/aromatic N) is 3. The molecule has 0 saturated heterocycles. The molecule has 7 heteroatoms. The van der Waals surface area contributed by atoms with E-state index in [0.717, 1.165) is 22.0 Å². The van der Waals surface area contributed by atoms with Gasteiger partial charge in [0.1, 0.15) is 5.82 Å². The Morgan fingerprint density at radius 2 is 1.77 bits per heavy atom. The largest absolute Gasteiger partial charge is 0.264 e. The monoisotopic (exact) mass is 434 g/mol. The zero-order chi connectivity index (χ0) is 22.4. The van der Waals surface area contributed by atoms with Gasteiger partial charge in [0, 0.05) is 29.2 Å². The van der Waals surface area contributed by atoms with E-state index in [9.17, 15) is 8.42 Å². The molecule has 4 aromatic rings. The fraction of sp³-hybridized carbons (Fsp3) is 0.250. The van der Waals surface area contributed by atoms with Crippen LogP contribution in [0.25, 0.3) is 16.5 Å². The average molecular weight is 435 g/mol. The molecule has 31 heavy (non-hydrogen) atoms. The number of pyridine rings is 1. The minimum Gasteiger partial charge on any atom is -0.264 e. The number of benzene rings is 2. The highest BCUT2D eigenvalue weighted by Crippen LogP contribution is 2.29. The van der Waals surface area contributed by atoms with E-state index in [4.69, 9.17) is 0 Å². The van der Waals surface area contributed by atoms with E-state index in [0.29, 0.717) is 17.1 Å². The summed E-state index contributed by atoms with van der Waals surface area (Å²) in [4.78, 5) is 4.42. The second-order valence-electron chi connectivity index (χ2n) is 8.79. The molecule has 6 nitrogen and oxygen atoms in total. The molecular weight excluding hydrogens is 408 g/mol. The first-order valence-corrected chi connectivity index (χ1v) is 11.6. The predicted molar refractivity (Wildman–Crippen MR) is 124 cm³/mol. The molecule has 0 aliphatic heterocycles. The van der Waals surface area contributed by atoms with Gasteiger partial charge in [0.05, 0.1) is 16.3 Å². The first-order chi connectivity index (χ1) is 14.6. The topological polar surface area (TPSA) is 76.9 Å². The van der Waals surface area contributed by atoms with Crippen LogP contribution in [0.3, 0.4) is 0 Å². The minimum absolute atomic E-state index is 0.0561. The molecule has 2 heterocycles. The van der Waals surface area contributed by atoms with Crippen molar-refractivity contribution in [3.05, 3.63) is 77.7 Å². The van der Waals surface area contributed by atoms with Crippen LogP contribution in [0, 0.1) is 13.8 Å². The molecule has 0 unspecified atom stereocenters. The maximum atomic E-state index is 13.3. The molecule has 1 N–H and O–H groups in total. The fourth-order valence-corrected chi connectivity index (χ4v) is 4.92. The van der Waals surface area contributed by atoms with Crippen molar-refractivity contribution >= 4 is 26.6 Å². The van der Waals surface area contributed by atoms with Gasteiger partial charge in [-0.1, -0.05) is 45.0 Å². The summed E-state index contributed by atoms with van der Waals surface area (Å²) >= 11 is 0. The molecule has 4 rings (SSSR count). The lowest BCUT2D eigenvalue weighted by molar-refractivity contribution is 0.586. The number of anilines is 1. The number of hydrogen-bond acceptors (Lipinski definition) is 4. The van der Waals surface area contributed by atoms with Crippen LogP contribution in [0.1, 0.15) is 37.6 Å². The Bertz CT molecular complexity index is 1380. The number of sulfonamides is 1. The third kappa shape index (κ3) is 4.05. The Morgan fingerprint density at radius 1 is 1.00 bits per heavy atom. The van der Waals surface area contributed by atoms with Gasteiger partial charge in [-0.2, -0.15) is 5.10 Å². The average Bonchev–Trinajstić information content (AvgIpc) is 3.05. The summed E-state index contributed by atoms with van der Waals surface area (Å²) in [5.74, 6) is 0.390. The van der Waals surface area contributed by atoms with Gasteiger partial charge < -0.3 is 0 Å². The quantitative estimate of drug-likeness (QED) is 0.483. The van der Waals surface area contributed by atoms with Crippen LogP contribution in [0.2, 0.25) is 0 Å². The molecule has 0 bridgehead atoms. The van der Waals surface area contributed by atoms with Crippen molar-refractivity contribution in [3.63, 3.8) is 0 Å². The highest BCUT2D eigenvalue weighted by Gasteiger charge is 2.22. The second-order valence-corrected chi connectivity index (χ2v) is 10.4. The molecule has 0 amide bonds. The highest BCUT2D eigenvalue weighted by molar-refractivity contribution is 7.92. The molecule has 0 radical (unpaired) electrons. The van der Waals surface area contributed by atoms with Crippen LogP contribution in [-0.4, -0.2) is 23.2 Å². The lowest BCUT2D eigenvalue weighted by Crippen LogP contribution is -2.18. The molecule has 0 aliphatic carbocycles. The molecule has 0 aliphatic rings. The minimum atomic E-state index is -3.80. The Balaban J connectivity index is 1.78. The summed E-state index contributed by atoms with van der Waals surface area (Å²) in [6, 6.07) is 14.9. The summed E-state index contributed by atoms with van der Waals surface area (Å²) < 4.78 is 30.9. The Kier molecular flexibility index (Phi) is 5.09. The van der Waals surface area contributed by atoms with Gasteiger partial charge in [-0.3, -0.25) is 9.71 Å². The van der Waals surface area contributed by atoms with Crippen LogP contribution in [0.15, 0.2) is 65.8 Å². The number of rotatable bonds is 4. The summed E-state index contributed by atoms with van der Waals surface area (Å²) in [5.41, 5.74) is 3.24. The third-order valence-electron chi connectivity index (χ3n) is 5.29. The maximum absolute atomic E-state index is 13.3. The molecular formula is C24H26N4O2S. The predicted octanol–water partition coefficient (Wildman–Crippen LogP) is 5.14. The van der Waals surface area contributed by atoms with E-state index < -0.39 is 10.0 Å². The molecule has 0 fully saturated rings. The SMILES string of the molecule is Cc1cc(NS(=O)(=O)c2ccc(C(C)(C)C)cc2C)n(-c2cccc3cnccc23)n1. The van der Waals surface area contributed by atoms with Gasteiger partial charge in [-0.15, -0.1) is 0 Å². The van der Waals surface area contributed by atoms with Crippen molar-refractivity contribution in [2.75, 3.05) is 4.72 Å². The van der Waals surface area contributed by atoms with Crippen molar-refractivity contribution < 1.29 is 8.42 Å². The van der Waals surface area contributed by atoms with Gasteiger partial charge in [-0.25, -0.2) is 13.1 Å². The number of aromatic nitrogens is 3. The number of fused-ring (bicyclic) bond motifs is 1. The van der Waals surface area contributed by atoms with Gasteiger partial charge in [0.15, 0.2) is 0 Å². The van der Waals surface area contributed by atoms with Gasteiger partial charge >= 0.3 is 0 Å². The van der Waals surface area contributed by atoms with Gasteiger partial charge in [0.2, 0.25) is 0 Å². The van der Waals surface area contributed by atoms with Crippen molar-refractivity contribution in [2.45, 2.75) is 44.9 Å². The van der Waals surface area contributed by atoms with Crippen LogP contribution in [0.5, 0.6) is 0 Å². The summed E-state index contributed by atoms with van der Waals surface area (Å²) in [7, 11) is -3.80. The third-order valence-corrected chi connectivity index (χ3v) is 6.80. The first kappa shape index (κ1) is 21.1. The summed E-state index contributed by atoms with van der Waals surface area (Å²) in [6.07, 6.45) is 3.49. The number of nitrogens with one attached hydrogen (secondary N) is 1. The summed E-state index contributed by atoms with van der Waals surface area (Å²) in [5, 5.41) is 6.44. The van der Waals surface area contributed by atoms with E-state index in [1.54, 1.807) is 29.2 Å². The zero-order valence-electron chi connectivity index (χ0n) is 18.3. The highest BCUT2D eigenvalue weighted by atomic mass is 32.2. The molecule has 160 valence electrons. The van der Waals surface area contributed by atoms with Crippen LogP contribution < -0.4 is 4.72 Å². The lowest BCUT2D eigenvalue weighted by Gasteiger charge is -2.21. The van der Waals surface area contributed by atoms with E-state index in [1.165, 1.54) is 0 Å². The smallest absolute Gasteiger partial charge is 0.263 e. The standard InChI is InChI=1S/C24H26N4O2S/c1-16-13-19(24(3,4)5)9-10-22(16)31(29,30)27-23-14-17(2)26-28(23)21-8-6-7-18-15-25-12-11-20(18)21/h6-15,27H,1-5H3. The number of hydrogen-bond donors (Lipinski definition) is 1. The lowest BCUT2D eigenvalue weighted by atomic mass is 9.86. The molecule has 0 spiro atoms. The Hall–Kier alpha value is -3.19. The fourth-order valence-electron chi connectivity index (χ4n) is 3.66. The van der Waals surface area contributed by atoms with Crippen LogP contribution >= 0.6 is 0 Å². The van der Waals surface area contributed by atoms with E-state index in [-0.39, 0.29) is 10.3 Å².